The first-order valence-corrected chi connectivity index (χ1v) is 11.3. The minimum atomic E-state index is -1.73. The molecular formula is C24H41NO6. The molecule has 0 bridgehead atoms. The Morgan fingerprint density at radius 1 is 0.839 bits per heavy atom. The summed E-state index contributed by atoms with van der Waals surface area (Å²) in [6, 6.07) is -1.34. The molecule has 0 aliphatic heterocycles. The number of allylic oxidation sites excluding steroid dienone is 6. The molecule has 0 radical (unpaired) electrons. The lowest BCUT2D eigenvalue weighted by Crippen LogP contribution is -2.53. The van der Waals surface area contributed by atoms with Crippen molar-refractivity contribution in [3.05, 3.63) is 36.5 Å². The Morgan fingerprint density at radius 3 is 2.03 bits per heavy atom. The quantitative estimate of drug-likeness (QED) is 0.119. The van der Waals surface area contributed by atoms with Crippen molar-refractivity contribution in [3.63, 3.8) is 0 Å². The molecule has 0 aliphatic carbocycles. The highest BCUT2D eigenvalue weighted by molar-refractivity contribution is 5.79. The van der Waals surface area contributed by atoms with Gasteiger partial charge < -0.3 is 30.5 Å². The van der Waals surface area contributed by atoms with Crippen molar-refractivity contribution in [2.45, 2.75) is 95.5 Å². The van der Waals surface area contributed by atoms with Gasteiger partial charge in [-0.3, -0.25) is 4.79 Å². The lowest BCUT2D eigenvalue weighted by atomic mass is 10.0. The molecule has 0 heterocycles. The van der Waals surface area contributed by atoms with Crippen LogP contribution in [0.15, 0.2) is 36.5 Å². The first-order valence-electron chi connectivity index (χ1n) is 11.3. The maximum atomic E-state index is 11.9. The highest BCUT2D eigenvalue weighted by Gasteiger charge is 2.31. The first-order chi connectivity index (χ1) is 15.0. The molecular weight excluding hydrogens is 398 g/mol. The van der Waals surface area contributed by atoms with E-state index in [0.717, 1.165) is 51.4 Å². The normalized spacial score (nSPS) is 16.0. The highest BCUT2D eigenvalue weighted by Crippen LogP contribution is 2.09. The molecule has 31 heavy (non-hydrogen) atoms. The summed E-state index contributed by atoms with van der Waals surface area (Å²) in [5, 5.41) is 40.0. The van der Waals surface area contributed by atoms with E-state index in [1.807, 2.05) is 0 Å². The van der Waals surface area contributed by atoms with Gasteiger partial charge >= 0.3 is 0 Å². The molecule has 0 aromatic heterocycles. The fourth-order valence-electron chi connectivity index (χ4n) is 2.91. The molecule has 7 heteroatoms. The van der Waals surface area contributed by atoms with E-state index in [9.17, 15) is 24.9 Å². The third-order valence-electron chi connectivity index (χ3n) is 4.83. The van der Waals surface area contributed by atoms with E-state index in [-0.39, 0.29) is 6.42 Å². The average Bonchev–Trinajstić information content (AvgIpc) is 2.78. The number of carbonyl (C=O) groups excluding carboxylic acids is 2. The smallest absolute Gasteiger partial charge is 0.220 e. The van der Waals surface area contributed by atoms with Gasteiger partial charge in [-0.15, -0.1) is 0 Å². The standard InChI is InChI=1S/C24H41NO6/c1-2-3-4-5-6-7-8-9-10-11-12-13-14-15-16-17-22(29)25-20(18-26)23(30)24(31)21(28)19-27/h3-4,6-7,9-10,18,20-21,23-24,27-28,30-31H,2,5,8,11-17,19H2,1H3,(H,25,29)/b4-3+,7-6+,10-9+/t20-,21?,23+,24+/m0/s1. The van der Waals surface area contributed by atoms with E-state index >= 15 is 0 Å². The fourth-order valence-corrected chi connectivity index (χ4v) is 2.91. The number of carbonyl (C=O) groups is 2. The van der Waals surface area contributed by atoms with Gasteiger partial charge in [-0.25, -0.2) is 0 Å². The molecule has 0 saturated heterocycles. The van der Waals surface area contributed by atoms with E-state index in [2.05, 4.69) is 48.7 Å². The summed E-state index contributed by atoms with van der Waals surface area (Å²) in [6.07, 6.45) is 17.4. The molecule has 1 amide bonds. The van der Waals surface area contributed by atoms with Crippen LogP contribution >= 0.6 is 0 Å². The number of rotatable bonds is 19. The van der Waals surface area contributed by atoms with Gasteiger partial charge in [0.2, 0.25) is 5.91 Å². The van der Waals surface area contributed by atoms with Crippen molar-refractivity contribution in [1.82, 2.24) is 5.32 Å². The Hall–Kier alpha value is -1.80. The van der Waals surface area contributed by atoms with Gasteiger partial charge in [-0.2, -0.15) is 0 Å². The predicted molar refractivity (Wildman–Crippen MR) is 122 cm³/mol. The number of hydrogen-bond donors (Lipinski definition) is 5. The van der Waals surface area contributed by atoms with Crippen LogP contribution in [0.4, 0.5) is 0 Å². The zero-order chi connectivity index (χ0) is 23.3. The number of aliphatic hydroxyl groups excluding tert-OH is 4. The summed E-state index contributed by atoms with van der Waals surface area (Å²) >= 11 is 0. The Balaban J connectivity index is 3.80. The molecule has 1 unspecified atom stereocenters. The van der Waals surface area contributed by atoms with Gasteiger partial charge in [-0.1, -0.05) is 62.6 Å². The van der Waals surface area contributed by atoms with Crippen molar-refractivity contribution >= 4 is 12.2 Å². The van der Waals surface area contributed by atoms with Gasteiger partial charge in [0.15, 0.2) is 0 Å². The highest BCUT2D eigenvalue weighted by atomic mass is 16.4. The maximum absolute atomic E-state index is 11.9. The summed E-state index contributed by atoms with van der Waals surface area (Å²) in [4.78, 5) is 23.0. The summed E-state index contributed by atoms with van der Waals surface area (Å²) in [6.45, 7) is 1.36. The second-order valence-corrected chi connectivity index (χ2v) is 7.56. The number of unbranched alkanes of at least 4 members (excludes halogenated alkanes) is 5. The van der Waals surface area contributed by atoms with Crippen LogP contribution in [-0.4, -0.2) is 63.6 Å². The Bertz CT molecular complexity index is 546. The van der Waals surface area contributed by atoms with E-state index in [1.54, 1.807) is 0 Å². The van der Waals surface area contributed by atoms with Crippen LogP contribution < -0.4 is 5.32 Å². The van der Waals surface area contributed by atoms with E-state index in [4.69, 9.17) is 5.11 Å². The van der Waals surface area contributed by atoms with Crippen LogP contribution in [0.5, 0.6) is 0 Å². The third kappa shape index (κ3) is 15.6. The van der Waals surface area contributed by atoms with Gasteiger partial charge in [0.05, 0.1) is 6.61 Å². The monoisotopic (exact) mass is 439 g/mol. The van der Waals surface area contributed by atoms with Crippen LogP contribution in [0.3, 0.4) is 0 Å². The van der Waals surface area contributed by atoms with Crippen molar-refractivity contribution in [2.75, 3.05) is 6.61 Å². The molecule has 0 fully saturated rings. The molecule has 0 spiro atoms. The van der Waals surface area contributed by atoms with E-state index < -0.39 is 36.9 Å². The molecule has 0 rings (SSSR count). The first kappa shape index (κ1) is 29.2. The van der Waals surface area contributed by atoms with Gasteiger partial charge in [0, 0.05) is 6.42 Å². The van der Waals surface area contributed by atoms with E-state index in [0.29, 0.717) is 12.7 Å². The lowest BCUT2D eigenvalue weighted by Gasteiger charge is -2.26. The number of hydrogen-bond acceptors (Lipinski definition) is 6. The van der Waals surface area contributed by atoms with Crippen LogP contribution in [0.2, 0.25) is 0 Å². The summed E-state index contributed by atoms with van der Waals surface area (Å²) in [7, 11) is 0. The van der Waals surface area contributed by atoms with Crippen LogP contribution in [-0.2, 0) is 9.59 Å². The molecule has 5 N–H and O–H groups in total. The maximum Gasteiger partial charge on any atom is 0.220 e. The lowest BCUT2D eigenvalue weighted by molar-refractivity contribution is -0.131. The molecule has 178 valence electrons. The van der Waals surface area contributed by atoms with Crippen molar-refractivity contribution in [3.8, 4) is 0 Å². The number of aldehydes is 1. The second-order valence-electron chi connectivity index (χ2n) is 7.56. The van der Waals surface area contributed by atoms with Crippen LogP contribution in [0.25, 0.3) is 0 Å². The summed E-state index contributed by atoms with van der Waals surface area (Å²) in [5.41, 5.74) is 0. The zero-order valence-corrected chi connectivity index (χ0v) is 18.7. The number of amides is 1. The molecule has 0 saturated carbocycles. The largest absolute Gasteiger partial charge is 0.394 e. The molecule has 0 aromatic rings. The minimum Gasteiger partial charge on any atom is -0.394 e. The molecule has 0 aromatic carbocycles. The van der Waals surface area contributed by atoms with Gasteiger partial charge in [0.25, 0.3) is 0 Å². The Morgan fingerprint density at radius 2 is 1.42 bits per heavy atom. The SMILES string of the molecule is CC/C=C/C/C=C/C/C=C/CCCCCCCC(=O)N[C@@H](C=O)[C@@H](O)[C@H](O)C(O)CO. The Labute approximate surface area is 186 Å². The Kier molecular flexibility index (Phi) is 19.0. The van der Waals surface area contributed by atoms with Crippen LogP contribution in [0, 0.1) is 0 Å². The molecule has 4 atom stereocenters. The van der Waals surface area contributed by atoms with Crippen molar-refractivity contribution < 1.29 is 30.0 Å². The predicted octanol–water partition coefficient (Wildman–Crippen LogP) is 2.33. The van der Waals surface area contributed by atoms with E-state index in [1.165, 1.54) is 0 Å². The third-order valence-corrected chi connectivity index (χ3v) is 4.83. The fraction of sp³-hybridized carbons (Fsp3) is 0.667. The zero-order valence-electron chi connectivity index (χ0n) is 18.7. The summed E-state index contributed by atoms with van der Waals surface area (Å²) in [5.74, 6) is -0.400. The van der Waals surface area contributed by atoms with Crippen molar-refractivity contribution in [2.24, 2.45) is 0 Å². The average molecular weight is 440 g/mol. The number of nitrogens with one attached hydrogen (secondary N) is 1. The topological polar surface area (TPSA) is 127 Å². The molecule has 7 nitrogen and oxygen atoms in total. The number of aliphatic hydroxyl groups is 4. The van der Waals surface area contributed by atoms with Gasteiger partial charge in [0.1, 0.15) is 30.6 Å². The molecule has 0 aliphatic rings. The van der Waals surface area contributed by atoms with Crippen LogP contribution in [0.1, 0.15) is 71.1 Å². The minimum absolute atomic E-state index is 0.218. The van der Waals surface area contributed by atoms with Crippen molar-refractivity contribution in [1.29, 1.82) is 0 Å². The summed E-state index contributed by atoms with van der Waals surface area (Å²) < 4.78 is 0. The van der Waals surface area contributed by atoms with Gasteiger partial charge in [-0.05, 0) is 38.5 Å². The second kappa shape index (κ2) is 20.1.